The number of piperazine rings is 1. The molecule has 2 nitrogen and oxygen atoms in total. The van der Waals surface area contributed by atoms with Gasteiger partial charge in [-0.05, 0) is 38.5 Å². The third-order valence-electron chi connectivity index (χ3n) is 5.47. The second-order valence-corrected chi connectivity index (χ2v) is 6.65. The molecule has 1 atom stereocenters. The van der Waals surface area contributed by atoms with Crippen LogP contribution in [-0.4, -0.2) is 36.1 Å². The molecule has 2 aliphatic rings. The van der Waals surface area contributed by atoms with E-state index in [1.54, 1.807) is 0 Å². The van der Waals surface area contributed by atoms with Gasteiger partial charge in [-0.15, -0.1) is 0 Å². The minimum atomic E-state index is 0.390. The van der Waals surface area contributed by atoms with Crippen LogP contribution in [-0.2, 0) is 0 Å². The fourth-order valence-electron chi connectivity index (χ4n) is 3.76. The molecule has 106 valence electrons. The minimum absolute atomic E-state index is 0.390. The molecule has 0 aromatic rings. The van der Waals surface area contributed by atoms with Gasteiger partial charge in [0.15, 0.2) is 0 Å². The Labute approximate surface area is 114 Å². The zero-order valence-corrected chi connectivity index (χ0v) is 12.7. The number of hydrogen-bond acceptors (Lipinski definition) is 2. The summed E-state index contributed by atoms with van der Waals surface area (Å²) in [6.45, 7) is 10.9. The van der Waals surface area contributed by atoms with E-state index in [0.717, 1.165) is 12.0 Å². The van der Waals surface area contributed by atoms with Crippen molar-refractivity contribution in [1.29, 1.82) is 0 Å². The average Bonchev–Trinajstić information content (AvgIpc) is 2.43. The molecule has 0 bridgehead atoms. The summed E-state index contributed by atoms with van der Waals surface area (Å²) in [5.74, 6) is 0.978. The first-order valence-corrected chi connectivity index (χ1v) is 8.18. The zero-order valence-electron chi connectivity index (χ0n) is 12.7. The Morgan fingerprint density at radius 2 is 1.78 bits per heavy atom. The maximum Gasteiger partial charge on any atom is 0.0304 e. The van der Waals surface area contributed by atoms with Crippen molar-refractivity contribution < 1.29 is 0 Å². The molecule has 1 aliphatic heterocycles. The van der Waals surface area contributed by atoms with Gasteiger partial charge >= 0.3 is 0 Å². The second-order valence-electron chi connectivity index (χ2n) is 6.65. The van der Waals surface area contributed by atoms with Crippen molar-refractivity contribution in [3.05, 3.63) is 0 Å². The monoisotopic (exact) mass is 252 g/mol. The summed E-state index contributed by atoms with van der Waals surface area (Å²) in [5.41, 5.74) is 0.390. The van der Waals surface area contributed by atoms with Crippen LogP contribution in [0.15, 0.2) is 0 Å². The molecule has 1 saturated carbocycles. The van der Waals surface area contributed by atoms with Crippen LogP contribution in [0.4, 0.5) is 0 Å². The summed E-state index contributed by atoms with van der Waals surface area (Å²) < 4.78 is 0. The van der Waals surface area contributed by atoms with E-state index in [2.05, 4.69) is 31.0 Å². The van der Waals surface area contributed by atoms with Crippen molar-refractivity contribution in [2.45, 2.75) is 77.3 Å². The summed E-state index contributed by atoms with van der Waals surface area (Å²) in [6, 6.07) is 0.721. The molecular weight excluding hydrogens is 220 g/mol. The third-order valence-corrected chi connectivity index (χ3v) is 5.47. The van der Waals surface area contributed by atoms with Crippen LogP contribution in [0.1, 0.15) is 65.7 Å². The summed E-state index contributed by atoms with van der Waals surface area (Å²) in [5, 5.41) is 3.81. The third kappa shape index (κ3) is 3.27. The van der Waals surface area contributed by atoms with Gasteiger partial charge in [-0.2, -0.15) is 0 Å². The topological polar surface area (TPSA) is 15.3 Å². The van der Waals surface area contributed by atoms with E-state index in [9.17, 15) is 0 Å². The van der Waals surface area contributed by atoms with Crippen LogP contribution >= 0.6 is 0 Å². The minimum Gasteiger partial charge on any atom is -0.308 e. The summed E-state index contributed by atoms with van der Waals surface area (Å²) in [7, 11) is 0. The molecule has 1 saturated heterocycles. The average molecular weight is 252 g/mol. The largest absolute Gasteiger partial charge is 0.308 e. The molecule has 2 heteroatoms. The lowest BCUT2D eigenvalue weighted by Gasteiger charge is -2.47. The maximum absolute atomic E-state index is 3.81. The highest BCUT2D eigenvalue weighted by atomic mass is 15.2. The summed E-state index contributed by atoms with van der Waals surface area (Å²) in [6.07, 6.45) is 9.88. The van der Waals surface area contributed by atoms with E-state index >= 15 is 0 Å². The Balaban J connectivity index is 1.92. The van der Waals surface area contributed by atoms with Crippen molar-refractivity contribution in [2.75, 3.05) is 19.6 Å². The molecule has 2 rings (SSSR count). The van der Waals surface area contributed by atoms with Gasteiger partial charge in [0, 0.05) is 31.2 Å². The first-order chi connectivity index (χ1) is 8.69. The lowest BCUT2D eigenvalue weighted by molar-refractivity contribution is 0.0610. The predicted molar refractivity (Wildman–Crippen MR) is 78.9 cm³/mol. The molecule has 1 heterocycles. The fourth-order valence-corrected chi connectivity index (χ4v) is 3.76. The Morgan fingerprint density at radius 3 is 2.39 bits per heavy atom. The van der Waals surface area contributed by atoms with Gasteiger partial charge in [0.1, 0.15) is 0 Å². The lowest BCUT2D eigenvalue weighted by Crippen LogP contribution is -2.63. The Bertz CT molecular complexity index is 241. The van der Waals surface area contributed by atoms with Gasteiger partial charge in [0.25, 0.3) is 0 Å². The van der Waals surface area contributed by atoms with Gasteiger partial charge < -0.3 is 5.32 Å². The van der Waals surface area contributed by atoms with Crippen molar-refractivity contribution >= 4 is 0 Å². The number of rotatable bonds is 4. The maximum atomic E-state index is 3.81. The molecule has 0 radical (unpaired) electrons. The van der Waals surface area contributed by atoms with E-state index in [-0.39, 0.29) is 0 Å². The molecule has 0 spiro atoms. The van der Waals surface area contributed by atoms with Gasteiger partial charge in [-0.25, -0.2) is 0 Å². The normalized spacial score (nSPS) is 30.5. The molecule has 1 unspecified atom stereocenters. The van der Waals surface area contributed by atoms with Crippen LogP contribution in [0.3, 0.4) is 0 Å². The predicted octanol–water partition coefficient (Wildman–Crippen LogP) is 3.42. The highest BCUT2D eigenvalue weighted by Crippen LogP contribution is 2.28. The van der Waals surface area contributed by atoms with Gasteiger partial charge in [0.05, 0.1) is 0 Å². The Kier molecular flexibility index (Phi) is 5.08. The van der Waals surface area contributed by atoms with Gasteiger partial charge in [-0.1, -0.05) is 33.1 Å². The molecule has 1 aliphatic carbocycles. The molecule has 0 aromatic heterocycles. The van der Waals surface area contributed by atoms with E-state index in [0.29, 0.717) is 5.54 Å². The van der Waals surface area contributed by atoms with Crippen molar-refractivity contribution in [3.63, 3.8) is 0 Å². The Morgan fingerprint density at radius 1 is 1.11 bits per heavy atom. The van der Waals surface area contributed by atoms with Crippen LogP contribution in [0, 0.1) is 5.92 Å². The van der Waals surface area contributed by atoms with Crippen LogP contribution in [0.2, 0.25) is 0 Å². The highest BCUT2D eigenvalue weighted by Gasteiger charge is 2.35. The molecule has 1 N–H and O–H groups in total. The van der Waals surface area contributed by atoms with Crippen LogP contribution in [0.5, 0.6) is 0 Å². The highest BCUT2D eigenvalue weighted by molar-refractivity contribution is 4.96. The molecule has 0 aromatic carbocycles. The van der Waals surface area contributed by atoms with Crippen molar-refractivity contribution in [3.8, 4) is 0 Å². The zero-order chi connectivity index (χ0) is 13.0. The number of nitrogens with zero attached hydrogens (tertiary/aromatic N) is 1. The van der Waals surface area contributed by atoms with Crippen molar-refractivity contribution in [1.82, 2.24) is 10.2 Å². The van der Waals surface area contributed by atoms with E-state index < -0.39 is 0 Å². The summed E-state index contributed by atoms with van der Waals surface area (Å²) >= 11 is 0. The first-order valence-electron chi connectivity index (χ1n) is 8.18. The molecular formula is C16H32N2. The van der Waals surface area contributed by atoms with Crippen LogP contribution in [0.25, 0.3) is 0 Å². The SMILES string of the molecule is CCC1(CC)CN(CC2CCCCC2)C(C)CN1. The summed E-state index contributed by atoms with van der Waals surface area (Å²) in [4.78, 5) is 2.78. The molecule has 0 amide bonds. The van der Waals surface area contributed by atoms with E-state index in [4.69, 9.17) is 0 Å². The fraction of sp³-hybridized carbons (Fsp3) is 1.00. The Hall–Kier alpha value is -0.0800. The second kappa shape index (κ2) is 6.38. The van der Waals surface area contributed by atoms with Gasteiger partial charge in [0.2, 0.25) is 0 Å². The van der Waals surface area contributed by atoms with E-state index in [1.807, 2.05) is 0 Å². The first kappa shape index (κ1) is 14.3. The van der Waals surface area contributed by atoms with E-state index in [1.165, 1.54) is 64.6 Å². The van der Waals surface area contributed by atoms with Crippen molar-refractivity contribution in [2.24, 2.45) is 5.92 Å². The van der Waals surface area contributed by atoms with Gasteiger partial charge in [-0.3, -0.25) is 4.90 Å². The number of nitrogens with one attached hydrogen (secondary N) is 1. The lowest BCUT2D eigenvalue weighted by atomic mass is 9.85. The van der Waals surface area contributed by atoms with Crippen LogP contribution < -0.4 is 5.32 Å². The quantitative estimate of drug-likeness (QED) is 0.825. The smallest absolute Gasteiger partial charge is 0.0304 e. The molecule has 18 heavy (non-hydrogen) atoms. The number of hydrogen-bond donors (Lipinski definition) is 1. The standard InChI is InChI=1S/C16H32N2/c1-4-16(5-2)13-18(14(3)11-17-16)12-15-9-7-6-8-10-15/h14-15,17H,4-13H2,1-3H3. The molecule has 2 fully saturated rings.